The fourth-order valence-electron chi connectivity index (χ4n) is 4.40. The van der Waals surface area contributed by atoms with Gasteiger partial charge < -0.3 is 14.5 Å². The Morgan fingerprint density at radius 2 is 1.97 bits per heavy atom. The molecular formula is C21H26F3N3O4S. The lowest BCUT2D eigenvalue weighted by atomic mass is 9.79. The van der Waals surface area contributed by atoms with E-state index in [9.17, 15) is 18.0 Å². The molecule has 2 aliphatic heterocycles. The summed E-state index contributed by atoms with van der Waals surface area (Å²) in [5, 5.41) is 15.1. The topological polar surface area (TPSA) is 86.9 Å². The standard InChI is InChI=1S/C19H25N3O2S.C2HF3O2/c1-14-17(15(2)24-20-14)10-21-8-6-19(12-21)5-3-7-22(13-19)18(23)16-4-9-25-11-16;3-2(4,5)1(6)7/h4,9,11H,3,5-8,10,12-13H2,1-2H3;(H,6,7). The molecule has 0 aromatic carbocycles. The number of aliphatic carboxylic acids is 1. The number of thiophene rings is 1. The maximum atomic E-state index is 12.7. The van der Waals surface area contributed by atoms with Crippen molar-refractivity contribution in [2.45, 2.75) is 45.8 Å². The van der Waals surface area contributed by atoms with Crippen molar-refractivity contribution in [3.05, 3.63) is 39.4 Å². The van der Waals surface area contributed by atoms with Crippen LogP contribution in [0.2, 0.25) is 0 Å². The summed E-state index contributed by atoms with van der Waals surface area (Å²) in [4.78, 5) is 26.2. The lowest BCUT2D eigenvalue weighted by Gasteiger charge is -2.40. The number of piperidine rings is 1. The van der Waals surface area contributed by atoms with Gasteiger partial charge in [-0.25, -0.2) is 4.79 Å². The van der Waals surface area contributed by atoms with Gasteiger partial charge >= 0.3 is 12.1 Å². The molecule has 0 bridgehead atoms. The third-order valence-corrected chi connectivity index (χ3v) is 6.72. The molecular weight excluding hydrogens is 447 g/mol. The normalized spacial score (nSPS) is 21.5. The molecule has 4 heterocycles. The molecule has 1 N–H and O–H groups in total. The van der Waals surface area contributed by atoms with Crippen molar-refractivity contribution in [2.75, 3.05) is 26.2 Å². The Kier molecular flexibility index (Phi) is 7.29. The zero-order valence-electron chi connectivity index (χ0n) is 17.9. The number of hydrogen-bond acceptors (Lipinski definition) is 6. The first-order valence-corrected chi connectivity index (χ1v) is 11.2. The predicted octanol–water partition coefficient (Wildman–Crippen LogP) is 4.11. The Bertz CT molecular complexity index is 925. The fraction of sp³-hybridized carbons (Fsp3) is 0.571. The van der Waals surface area contributed by atoms with Crippen molar-refractivity contribution < 1.29 is 32.4 Å². The van der Waals surface area contributed by atoms with Crippen LogP contribution < -0.4 is 0 Å². The average Bonchev–Trinajstić information content (AvgIpc) is 3.46. The van der Waals surface area contributed by atoms with Gasteiger partial charge in [0, 0.05) is 42.5 Å². The maximum absolute atomic E-state index is 12.7. The molecule has 11 heteroatoms. The second-order valence-corrected chi connectivity index (χ2v) is 9.19. The summed E-state index contributed by atoms with van der Waals surface area (Å²) in [5.41, 5.74) is 3.31. The largest absolute Gasteiger partial charge is 0.490 e. The quantitative estimate of drug-likeness (QED) is 0.722. The molecule has 2 aromatic rings. The van der Waals surface area contributed by atoms with E-state index in [2.05, 4.69) is 15.0 Å². The van der Waals surface area contributed by atoms with Crippen LogP contribution in [0.4, 0.5) is 13.2 Å². The first-order chi connectivity index (χ1) is 15.0. The van der Waals surface area contributed by atoms with Crippen molar-refractivity contribution in [1.29, 1.82) is 0 Å². The Hall–Kier alpha value is -2.40. The summed E-state index contributed by atoms with van der Waals surface area (Å²) < 4.78 is 37.0. The van der Waals surface area contributed by atoms with Crippen molar-refractivity contribution in [3.8, 4) is 0 Å². The molecule has 2 fully saturated rings. The number of carboxylic acid groups (broad SMARTS) is 1. The first kappa shape index (κ1) is 24.2. The lowest BCUT2D eigenvalue weighted by molar-refractivity contribution is -0.192. The number of rotatable bonds is 3. The molecule has 0 radical (unpaired) electrons. The molecule has 2 saturated heterocycles. The summed E-state index contributed by atoms with van der Waals surface area (Å²) in [7, 11) is 0. The highest BCUT2D eigenvalue weighted by Gasteiger charge is 2.42. The highest BCUT2D eigenvalue weighted by Crippen LogP contribution is 2.40. The molecule has 1 amide bonds. The maximum Gasteiger partial charge on any atom is 0.490 e. The first-order valence-electron chi connectivity index (χ1n) is 10.3. The summed E-state index contributed by atoms with van der Waals surface area (Å²) >= 11 is 1.59. The Balaban J connectivity index is 0.000000360. The number of carbonyl (C=O) groups excluding carboxylic acids is 1. The average molecular weight is 474 g/mol. The van der Waals surface area contributed by atoms with E-state index >= 15 is 0 Å². The van der Waals surface area contributed by atoms with Crippen LogP contribution in [0.15, 0.2) is 21.3 Å². The molecule has 1 atom stereocenters. The van der Waals surface area contributed by atoms with Gasteiger partial charge in [0.1, 0.15) is 5.76 Å². The number of halogens is 3. The third-order valence-electron chi connectivity index (χ3n) is 6.04. The SMILES string of the molecule is Cc1noc(C)c1CN1CCC2(CCCN(C(=O)c3ccsc3)C2)C1.O=C(O)C(F)(F)F. The monoisotopic (exact) mass is 473 g/mol. The molecule has 2 aliphatic rings. The molecule has 7 nitrogen and oxygen atoms in total. The lowest BCUT2D eigenvalue weighted by Crippen LogP contribution is -2.47. The molecule has 4 rings (SSSR count). The van der Waals surface area contributed by atoms with Crippen LogP contribution >= 0.6 is 11.3 Å². The number of likely N-dealkylation sites (tertiary alicyclic amines) is 2. The number of aromatic nitrogens is 1. The molecule has 2 aromatic heterocycles. The molecule has 1 spiro atoms. The Morgan fingerprint density at radius 3 is 2.53 bits per heavy atom. The van der Waals surface area contributed by atoms with Crippen molar-refractivity contribution in [2.24, 2.45) is 5.41 Å². The van der Waals surface area contributed by atoms with E-state index in [0.717, 1.165) is 56.2 Å². The Labute approximate surface area is 187 Å². The molecule has 176 valence electrons. The minimum absolute atomic E-state index is 0.199. The van der Waals surface area contributed by atoms with E-state index in [1.165, 1.54) is 18.4 Å². The fourth-order valence-corrected chi connectivity index (χ4v) is 5.03. The van der Waals surface area contributed by atoms with E-state index < -0.39 is 12.1 Å². The van der Waals surface area contributed by atoms with Crippen LogP contribution in [-0.2, 0) is 11.3 Å². The van der Waals surface area contributed by atoms with Crippen LogP contribution in [-0.4, -0.2) is 64.3 Å². The number of hydrogen-bond donors (Lipinski definition) is 1. The van der Waals surface area contributed by atoms with Gasteiger partial charge in [-0.1, -0.05) is 5.16 Å². The number of amides is 1. The third kappa shape index (κ3) is 5.69. The molecule has 0 saturated carbocycles. The summed E-state index contributed by atoms with van der Waals surface area (Å²) in [6.07, 6.45) is -1.59. The van der Waals surface area contributed by atoms with Gasteiger partial charge in [-0.05, 0) is 51.1 Å². The zero-order valence-corrected chi connectivity index (χ0v) is 18.8. The number of alkyl halides is 3. The summed E-state index contributed by atoms with van der Waals surface area (Å²) in [5.74, 6) is -1.63. The van der Waals surface area contributed by atoms with E-state index in [-0.39, 0.29) is 11.3 Å². The van der Waals surface area contributed by atoms with Crippen LogP contribution in [0.3, 0.4) is 0 Å². The summed E-state index contributed by atoms with van der Waals surface area (Å²) in [6.45, 7) is 8.83. The summed E-state index contributed by atoms with van der Waals surface area (Å²) in [6, 6.07) is 1.94. The van der Waals surface area contributed by atoms with Crippen LogP contribution in [0.1, 0.15) is 46.6 Å². The van der Waals surface area contributed by atoms with Gasteiger partial charge in [0.15, 0.2) is 0 Å². The Morgan fingerprint density at radius 1 is 1.25 bits per heavy atom. The smallest absolute Gasteiger partial charge is 0.475 e. The number of aryl methyl sites for hydroxylation is 2. The zero-order chi connectivity index (χ0) is 23.5. The van der Waals surface area contributed by atoms with E-state index in [1.807, 2.05) is 30.7 Å². The van der Waals surface area contributed by atoms with Gasteiger partial charge in [0.05, 0.1) is 11.3 Å². The minimum atomic E-state index is -5.08. The number of carboxylic acids is 1. The van der Waals surface area contributed by atoms with E-state index in [0.29, 0.717) is 0 Å². The molecule has 32 heavy (non-hydrogen) atoms. The van der Waals surface area contributed by atoms with Crippen LogP contribution in [0.25, 0.3) is 0 Å². The van der Waals surface area contributed by atoms with Crippen LogP contribution in [0, 0.1) is 19.3 Å². The van der Waals surface area contributed by atoms with E-state index in [1.54, 1.807) is 11.3 Å². The number of nitrogens with zero attached hydrogens (tertiary/aromatic N) is 3. The molecule has 1 unspecified atom stereocenters. The van der Waals surface area contributed by atoms with Crippen LogP contribution in [0.5, 0.6) is 0 Å². The molecule has 0 aliphatic carbocycles. The van der Waals surface area contributed by atoms with Crippen molar-refractivity contribution in [3.63, 3.8) is 0 Å². The van der Waals surface area contributed by atoms with Gasteiger partial charge in [0.25, 0.3) is 5.91 Å². The highest BCUT2D eigenvalue weighted by atomic mass is 32.1. The van der Waals surface area contributed by atoms with Crippen molar-refractivity contribution in [1.82, 2.24) is 15.0 Å². The van der Waals surface area contributed by atoms with Gasteiger partial charge in [-0.3, -0.25) is 9.69 Å². The highest BCUT2D eigenvalue weighted by molar-refractivity contribution is 7.08. The van der Waals surface area contributed by atoms with Gasteiger partial charge in [-0.2, -0.15) is 24.5 Å². The van der Waals surface area contributed by atoms with Crippen molar-refractivity contribution >= 4 is 23.2 Å². The second-order valence-electron chi connectivity index (χ2n) is 8.41. The van der Waals surface area contributed by atoms with Gasteiger partial charge in [0.2, 0.25) is 0 Å². The minimum Gasteiger partial charge on any atom is -0.475 e. The van der Waals surface area contributed by atoms with E-state index in [4.69, 9.17) is 14.4 Å². The van der Waals surface area contributed by atoms with Gasteiger partial charge in [-0.15, -0.1) is 0 Å². The predicted molar refractivity (Wildman–Crippen MR) is 111 cm³/mol. The number of carbonyl (C=O) groups is 2. The second kappa shape index (κ2) is 9.62.